The molecule has 0 aliphatic carbocycles. The molecule has 0 amide bonds. The maximum atomic E-state index is 12.1. The van der Waals surface area contributed by atoms with Crippen LogP contribution in [0.2, 0.25) is 0 Å². The molecule has 0 saturated carbocycles. The zero-order valence-electron chi connectivity index (χ0n) is 17.2. The van der Waals surface area contributed by atoms with Crippen LogP contribution >= 0.6 is 10.7 Å². The summed E-state index contributed by atoms with van der Waals surface area (Å²) in [5.41, 5.74) is 0. The van der Waals surface area contributed by atoms with Gasteiger partial charge in [-0.2, -0.15) is 4.31 Å². The molecule has 2 aliphatic rings. The third kappa shape index (κ3) is 9.24. The zero-order chi connectivity index (χ0) is 22.6. The molecule has 4 rings (SSSR count). The van der Waals surface area contributed by atoms with Gasteiger partial charge in [0.1, 0.15) is 0 Å². The Morgan fingerprint density at radius 3 is 1.35 bits per heavy atom. The number of piperazine rings is 2. The molecule has 31 heavy (non-hydrogen) atoms. The van der Waals surface area contributed by atoms with E-state index in [0.717, 1.165) is 39.3 Å². The molecule has 0 radical (unpaired) electrons. The Hall–Kier alpha value is -1.53. The molecule has 2 aromatic carbocycles. The molecule has 172 valence electrons. The molecule has 2 heterocycles. The Kier molecular flexibility index (Phi) is 10.9. The molecule has 2 saturated heterocycles. The smallest absolute Gasteiger partial charge is 0.261 e. The van der Waals surface area contributed by atoms with Crippen molar-refractivity contribution in [3.63, 3.8) is 0 Å². The summed E-state index contributed by atoms with van der Waals surface area (Å²) in [6.07, 6.45) is 0. The Morgan fingerprint density at radius 1 is 0.613 bits per heavy atom. The van der Waals surface area contributed by atoms with Crippen LogP contribution in [0.25, 0.3) is 0 Å². The van der Waals surface area contributed by atoms with E-state index in [0.29, 0.717) is 18.0 Å². The van der Waals surface area contributed by atoms with E-state index < -0.39 is 19.1 Å². The average molecular weight is 489 g/mol. The van der Waals surface area contributed by atoms with Gasteiger partial charge in [0.25, 0.3) is 9.05 Å². The number of hydrogen-bond acceptors (Lipinski definition) is 7. The largest absolute Gasteiger partial charge is 0.314 e. The first-order chi connectivity index (χ1) is 14.8. The van der Waals surface area contributed by atoms with Crippen LogP contribution in [-0.4, -0.2) is 73.5 Å². The molecule has 8 nitrogen and oxygen atoms in total. The average Bonchev–Trinajstić information content (AvgIpc) is 2.82. The van der Waals surface area contributed by atoms with Gasteiger partial charge in [-0.25, -0.2) is 16.8 Å². The highest BCUT2D eigenvalue weighted by Gasteiger charge is 2.25. The van der Waals surface area contributed by atoms with Crippen molar-refractivity contribution in [2.45, 2.75) is 9.79 Å². The molecule has 2 aromatic rings. The lowest BCUT2D eigenvalue weighted by Gasteiger charge is -2.26. The third-order valence-corrected chi connectivity index (χ3v) is 7.72. The number of nitrogens with one attached hydrogen (secondary N) is 3. The van der Waals surface area contributed by atoms with Crippen molar-refractivity contribution in [3.05, 3.63) is 60.7 Å². The fourth-order valence-corrected chi connectivity index (χ4v) is 5.07. The number of sulfonamides is 1. The first kappa shape index (κ1) is 25.7. The van der Waals surface area contributed by atoms with Crippen molar-refractivity contribution in [1.82, 2.24) is 20.3 Å². The lowest BCUT2D eigenvalue weighted by atomic mass is 10.4. The Morgan fingerprint density at radius 2 is 1.00 bits per heavy atom. The second kappa shape index (κ2) is 13.1. The summed E-state index contributed by atoms with van der Waals surface area (Å²) in [6.45, 7) is 7.12. The quantitative estimate of drug-likeness (QED) is 0.555. The highest BCUT2D eigenvalue weighted by atomic mass is 35.7. The van der Waals surface area contributed by atoms with Gasteiger partial charge in [-0.1, -0.05) is 36.4 Å². The van der Waals surface area contributed by atoms with Crippen LogP contribution in [0.1, 0.15) is 0 Å². The fourth-order valence-electron chi connectivity index (χ4n) is 2.81. The van der Waals surface area contributed by atoms with Crippen LogP contribution in [0.3, 0.4) is 0 Å². The fraction of sp³-hybridized carbons (Fsp3) is 0.400. The van der Waals surface area contributed by atoms with Gasteiger partial charge >= 0.3 is 0 Å². The van der Waals surface area contributed by atoms with Crippen LogP contribution < -0.4 is 16.0 Å². The van der Waals surface area contributed by atoms with Crippen LogP contribution in [0.15, 0.2) is 70.5 Å². The molecule has 0 aromatic heterocycles. The van der Waals surface area contributed by atoms with Gasteiger partial charge < -0.3 is 16.0 Å². The predicted molar refractivity (Wildman–Crippen MR) is 123 cm³/mol. The molecule has 11 heteroatoms. The first-order valence-electron chi connectivity index (χ1n) is 9.99. The second-order valence-corrected chi connectivity index (χ2v) is 11.2. The molecule has 0 unspecified atom stereocenters. The Balaban J connectivity index is 0.000000183. The van der Waals surface area contributed by atoms with E-state index in [2.05, 4.69) is 16.0 Å². The Bertz CT molecular complexity index is 953. The van der Waals surface area contributed by atoms with Gasteiger partial charge in [-0.05, 0) is 24.3 Å². The molecule has 0 bridgehead atoms. The third-order valence-electron chi connectivity index (χ3n) is 4.44. The van der Waals surface area contributed by atoms with E-state index in [1.54, 1.807) is 42.5 Å². The van der Waals surface area contributed by atoms with Crippen molar-refractivity contribution in [2.75, 3.05) is 52.4 Å². The molecule has 2 fully saturated rings. The zero-order valence-corrected chi connectivity index (χ0v) is 19.6. The molecule has 0 spiro atoms. The van der Waals surface area contributed by atoms with Gasteiger partial charge in [0.2, 0.25) is 10.0 Å². The van der Waals surface area contributed by atoms with Crippen molar-refractivity contribution >= 4 is 29.8 Å². The van der Waals surface area contributed by atoms with Crippen LogP contribution in [0.4, 0.5) is 0 Å². The summed E-state index contributed by atoms with van der Waals surface area (Å²) in [5.74, 6) is 0. The topological polar surface area (TPSA) is 108 Å². The summed E-state index contributed by atoms with van der Waals surface area (Å²) in [4.78, 5) is 0.517. The number of halogens is 1. The van der Waals surface area contributed by atoms with Gasteiger partial charge in [0.05, 0.1) is 9.79 Å². The molecular weight excluding hydrogens is 460 g/mol. The van der Waals surface area contributed by atoms with Gasteiger partial charge in [0.15, 0.2) is 0 Å². The standard InChI is InChI=1S/C10H14N2O2S.C6H5ClO2S.C4H10N2/c13-15(14,10-4-2-1-3-5-10)12-8-6-11-7-9-12;7-10(8,9)6-4-2-1-3-5-6;1-2-6-4-3-5-1/h1-5,11H,6-9H2;1-5H;5-6H,1-4H2. The van der Waals surface area contributed by atoms with Crippen molar-refractivity contribution in [3.8, 4) is 0 Å². The van der Waals surface area contributed by atoms with Crippen molar-refractivity contribution in [1.29, 1.82) is 0 Å². The molecule has 0 atom stereocenters. The van der Waals surface area contributed by atoms with E-state index in [9.17, 15) is 16.8 Å². The summed E-state index contributed by atoms with van der Waals surface area (Å²) >= 11 is 0. The normalized spacial score (nSPS) is 17.5. The minimum atomic E-state index is -3.53. The van der Waals surface area contributed by atoms with Crippen LogP contribution in [-0.2, 0) is 19.1 Å². The summed E-state index contributed by atoms with van der Waals surface area (Å²) in [5, 5.41) is 9.58. The van der Waals surface area contributed by atoms with Gasteiger partial charge in [0, 0.05) is 63.0 Å². The van der Waals surface area contributed by atoms with E-state index in [-0.39, 0.29) is 4.90 Å². The second-order valence-electron chi connectivity index (χ2n) is 6.72. The predicted octanol–water partition coefficient (Wildman–Crippen LogP) is 1.07. The number of nitrogens with zero attached hydrogens (tertiary/aromatic N) is 1. The van der Waals surface area contributed by atoms with E-state index in [1.165, 1.54) is 16.4 Å². The number of rotatable bonds is 3. The summed E-state index contributed by atoms with van der Waals surface area (Å²) < 4.78 is 46.9. The number of benzene rings is 2. The van der Waals surface area contributed by atoms with Crippen molar-refractivity contribution < 1.29 is 16.8 Å². The van der Waals surface area contributed by atoms with Crippen LogP contribution in [0.5, 0.6) is 0 Å². The monoisotopic (exact) mass is 488 g/mol. The minimum Gasteiger partial charge on any atom is -0.314 e. The van der Waals surface area contributed by atoms with E-state index in [1.807, 2.05) is 6.07 Å². The maximum Gasteiger partial charge on any atom is 0.261 e. The summed E-state index contributed by atoms with van der Waals surface area (Å²) in [6, 6.07) is 16.4. The minimum absolute atomic E-state index is 0.136. The lowest BCUT2D eigenvalue weighted by Crippen LogP contribution is -2.46. The number of hydrogen-bond donors (Lipinski definition) is 3. The molecule has 2 aliphatic heterocycles. The Labute approximate surface area is 189 Å². The summed E-state index contributed by atoms with van der Waals surface area (Å²) in [7, 11) is -1.77. The highest BCUT2D eigenvalue weighted by molar-refractivity contribution is 8.13. The first-order valence-corrected chi connectivity index (χ1v) is 13.7. The van der Waals surface area contributed by atoms with Gasteiger partial charge in [-0.3, -0.25) is 0 Å². The van der Waals surface area contributed by atoms with Gasteiger partial charge in [-0.15, -0.1) is 0 Å². The SMILES string of the molecule is C1CNCCN1.O=S(=O)(Cl)c1ccccc1.O=S(=O)(c1ccccc1)N1CCNCC1. The van der Waals surface area contributed by atoms with E-state index in [4.69, 9.17) is 10.7 Å². The lowest BCUT2D eigenvalue weighted by molar-refractivity contribution is 0.360. The highest BCUT2D eigenvalue weighted by Crippen LogP contribution is 2.15. The van der Waals surface area contributed by atoms with Crippen molar-refractivity contribution in [2.24, 2.45) is 0 Å². The van der Waals surface area contributed by atoms with E-state index >= 15 is 0 Å². The molecular formula is C20H29ClN4O4S2. The molecule has 3 N–H and O–H groups in total. The van der Waals surface area contributed by atoms with Crippen LogP contribution in [0, 0.1) is 0 Å². The maximum absolute atomic E-state index is 12.1.